The van der Waals surface area contributed by atoms with E-state index in [1.807, 2.05) is 30.5 Å². The number of aliphatic hydroxyl groups is 1. The van der Waals surface area contributed by atoms with Gasteiger partial charge >= 0.3 is 0 Å². The first-order chi connectivity index (χ1) is 15.7. The second kappa shape index (κ2) is 7.68. The van der Waals surface area contributed by atoms with Gasteiger partial charge in [0.05, 0.1) is 35.1 Å². The van der Waals surface area contributed by atoms with Crippen molar-refractivity contribution >= 4 is 10.9 Å². The standard InChI is InChI=1S/C25H27N5O2/c26-8-18-3-1-2-4-20(18)11-30-13-24-21(14-31)22-12-29(15-25(22,16-30)32-24)10-17-5-6-19-9-27-28-23(19)7-17/h1-7,9,21-22,24,31H,10-16H2,(H,27,28)/t21-,22+,24+,25-/m0/s1. The lowest BCUT2D eigenvalue weighted by atomic mass is 9.83. The normalized spacial score (nSPS) is 29.9. The topological polar surface area (TPSA) is 88.4 Å². The van der Waals surface area contributed by atoms with Crippen LogP contribution < -0.4 is 0 Å². The third kappa shape index (κ3) is 3.23. The van der Waals surface area contributed by atoms with Crippen molar-refractivity contribution < 1.29 is 9.84 Å². The van der Waals surface area contributed by atoms with Gasteiger partial charge in [-0.15, -0.1) is 0 Å². The average Bonchev–Trinajstić information content (AvgIpc) is 3.44. The molecule has 0 saturated carbocycles. The quantitative estimate of drug-likeness (QED) is 0.646. The lowest BCUT2D eigenvalue weighted by molar-refractivity contribution is -0.120. The summed E-state index contributed by atoms with van der Waals surface area (Å²) < 4.78 is 6.64. The zero-order valence-corrected chi connectivity index (χ0v) is 17.9. The highest BCUT2D eigenvalue weighted by molar-refractivity contribution is 5.78. The number of hydrogen-bond donors (Lipinski definition) is 2. The molecule has 0 unspecified atom stereocenters. The number of rotatable bonds is 5. The number of ether oxygens (including phenoxy) is 1. The Bertz CT molecular complexity index is 1190. The highest BCUT2D eigenvalue weighted by Gasteiger charge is 2.61. The Kier molecular flexibility index (Phi) is 4.77. The largest absolute Gasteiger partial charge is 0.396 e. The van der Waals surface area contributed by atoms with Crippen molar-refractivity contribution in [1.82, 2.24) is 20.0 Å². The summed E-state index contributed by atoms with van der Waals surface area (Å²) in [7, 11) is 0. The summed E-state index contributed by atoms with van der Waals surface area (Å²) in [6.07, 6.45) is 1.90. The molecular formula is C25H27N5O2. The van der Waals surface area contributed by atoms with E-state index in [4.69, 9.17) is 4.74 Å². The predicted molar refractivity (Wildman–Crippen MR) is 119 cm³/mol. The zero-order chi connectivity index (χ0) is 21.7. The van der Waals surface area contributed by atoms with Crippen LogP contribution >= 0.6 is 0 Å². The predicted octanol–water partition coefficient (Wildman–Crippen LogP) is 2.13. The minimum atomic E-state index is -0.254. The Hall–Kier alpha value is -2.76. The number of aromatic nitrogens is 2. The van der Waals surface area contributed by atoms with Crippen molar-refractivity contribution in [3.05, 3.63) is 65.4 Å². The molecule has 2 bridgehead atoms. The SMILES string of the molecule is N#Cc1ccccc1CN1C[C@H]2O[C@@]3(CN(Cc4ccc5cn[nH]c5c4)C[C@@H]3[C@@H]2CO)C1. The lowest BCUT2D eigenvalue weighted by Crippen LogP contribution is -2.53. The number of H-pyrrole nitrogens is 1. The molecule has 1 aromatic heterocycles. The van der Waals surface area contributed by atoms with E-state index in [1.54, 1.807) is 0 Å². The minimum absolute atomic E-state index is 0.0523. The summed E-state index contributed by atoms with van der Waals surface area (Å²) in [6, 6.07) is 16.6. The van der Waals surface area contributed by atoms with Crippen molar-refractivity contribution in [2.45, 2.75) is 24.8 Å². The van der Waals surface area contributed by atoms with Crippen molar-refractivity contribution in [2.24, 2.45) is 11.8 Å². The maximum atomic E-state index is 10.2. The van der Waals surface area contributed by atoms with Crippen molar-refractivity contribution in [3.63, 3.8) is 0 Å². The number of morpholine rings is 1. The number of nitrogens with one attached hydrogen (secondary N) is 1. The van der Waals surface area contributed by atoms with E-state index in [0.29, 0.717) is 5.92 Å². The van der Waals surface area contributed by atoms with Gasteiger partial charge in [0.1, 0.15) is 0 Å². The van der Waals surface area contributed by atoms with Crippen LogP contribution in [0.5, 0.6) is 0 Å². The van der Waals surface area contributed by atoms with Crippen molar-refractivity contribution in [3.8, 4) is 6.07 Å². The van der Waals surface area contributed by atoms with Gasteiger partial charge in [0.2, 0.25) is 0 Å². The lowest BCUT2D eigenvalue weighted by Gasteiger charge is -2.40. The fourth-order valence-electron chi connectivity index (χ4n) is 6.21. The van der Waals surface area contributed by atoms with Gasteiger partial charge in [-0.2, -0.15) is 10.4 Å². The van der Waals surface area contributed by atoms with Crippen LogP contribution in [0.3, 0.4) is 0 Å². The van der Waals surface area contributed by atoms with E-state index in [1.165, 1.54) is 5.56 Å². The molecule has 0 aliphatic carbocycles. The first-order valence-electron chi connectivity index (χ1n) is 11.3. The first-order valence-corrected chi connectivity index (χ1v) is 11.3. The number of aromatic amines is 1. The molecule has 6 rings (SSSR count). The molecule has 0 amide bonds. The number of benzene rings is 2. The molecule has 0 radical (unpaired) electrons. The number of hydrogen-bond acceptors (Lipinski definition) is 6. The fraction of sp³-hybridized carbons (Fsp3) is 0.440. The highest BCUT2D eigenvalue weighted by Crippen LogP contribution is 2.49. The van der Waals surface area contributed by atoms with E-state index in [2.05, 4.69) is 44.3 Å². The second-order valence-corrected chi connectivity index (χ2v) is 9.57. The molecular weight excluding hydrogens is 402 g/mol. The van der Waals surface area contributed by atoms with E-state index in [0.717, 1.165) is 61.3 Å². The number of nitrogens with zero attached hydrogens (tertiary/aromatic N) is 4. The van der Waals surface area contributed by atoms with Crippen LogP contribution in [0, 0.1) is 23.2 Å². The smallest absolute Gasteiger partial charge is 0.0995 e. The van der Waals surface area contributed by atoms with Crippen LogP contribution in [0.4, 0.5) is 0 Å². The average molecular weight is 430 g/mol. The van der Waals surface area contributed by atoms with E-state index in [9.17, 15) is 10.4 Å². The molecule has 2 N–H and O–H groups in total. The van der Waals surface area contributed by atoms with Crippen LogP contribution in [0.25, 0.3) is 10.9 Å². The molecule has 7 nitrogen and oxygen atoms in total. The van der Waals surface area contributed by atoms with Crippen LogP contribution in [0.1, 0.15) is 16.7 Å². The number of aliphatic hydroxyl groups excluding tert-OH is 1. The van der Waals surface area contributed by atoms with Gasteiger partial charge in [-0.3, -0.25) is 14.9 Å². The molecule has 32 heavy (non-hydrogen) atoms. The van der Waals surface area contributed by atoms with E-state index >= 15 is 0 Å². The van der Waals surface area contributed by atoms with Gasteiger partial charge in [-0.25, -0.2) is 0 Å². The zero-order valence-electron chi connectivity index (χ0n) is 17.9. The summed E-state index contributed by atoms with van der Waals surface area (Å²) in [5.41, 5.74) is 3.86. The molecule has 3 fully saturated rings. The Morgan fingerprint density at radius 2 is 2.00 bits per heavy atom. The monoisotopic (exact) mass is 429 g/mol. The van der Waals surface area contributed by atoms with Gasteiger partial charge < -0.3 is 9.84 Å². The molecule has 3 aliphatic heterocycles. The highest BCUT2D eigenvalue weighted by atomic mass is 16.5. The van der Waals surface area contributed by atoms with Gasteiger partial charge in [-0.05, 0) is 23.3 Å². The Morgan fingerprint density at radius 3 is 2.84 bits per heavy atom. The minimum Gasteiger partial charge on any atom is -0.396 e. The van der Waals surface area contributed by atoms with Crippen LogP contribution in [-0.2, 0) is 17.8 Å². The third-order valence-corrected chi connectivity index (χ3v) is 7.59. The van der Waals surface area contributed by atoms with E-state index in [-0.39, 0.29) is 24.2 Å². The van der Waals surface area contributed by atoms with Crippen LogP contribution in [-0.4, -0.2) is 69.6 Å². The Balaban J connectivity index is 1.22. The summed E-state index contributed by atoms with van der Waals surface area (Å²) >= 11 is 0. The van der Waals surface area contributed by atoms with Crippen LogP contribution in [0.15, 0.2) is 48.7 Å². The van der Waals surface area contributed by atoms with E-state index < -0.39 is 0 Å². The number of nitriles is 1. The first kappa shape index (κ1) is 19.9. The van der Waals surface area contributed by atoms with Crippen LogP contribution in [0.2, 0.25) is 0 Å². The van der Waals surface area contributed by atoms with Crippen molar-refractivity contribution in [1.29, 1.82) is 5.26 Å². The number of likely N-dealkylation sites (tertiary alicyclic amines) is 2. The summed E-state index contributed by atoms with van der Waals surface area (Å²) in [5, 5.41) is 28.0. The maximum absolute atomic E-state index is 10.2. The van der Waals surface area contributed by atoms with Gasteiger partial charge in [-0.1, -0.05) is 30.3 Å². The molecule has 164 valence electrons. The molecule has 1 spiro atoms. The summed E-state index contributed by atoms with van der Waals surface area (Å²) in [4.78, 5) is 4.89. The van der Waals surface area contributed by atoms with Gasteiger partial charge in [0, 0.05) is 63.1 Å². The van der Waals surface area contributed by atoms with Gasteiger partial charge in [0.15, 0.2) is 0 Å². The Morgan fingerprint density at radius 1 is 1.16 bits per heavy atom. The maximum Gasteiger partial charge on any atom is 0.0995 e. The fourth-order valence-corrected chi connectivity index (χ4v) is 6.21. The summed E-state index contributed by atoms with van der Waals surface area (Å²) in [6.45, 7) is 5.20. The molecule has 3 aliphatic rings. The molecule has 4 heterocycles. The third-order valence-electron chi connectivity index (χ3n) is 7.59. The van der Waals surface area contributed by atoms with Crippen molar-refractivity contribution in [2.75, 3.05) is 32.8 Å². The molecule has 4 atom stereocenters. The molecule has 3 aromatic rings. The van der Waals surface area contributed by atoms with Gasteiger partial charge in [0.25, 0.3) is 0 Å². The molecule has 7 heteroatoms. The summed E-state index contributed by atoms with van der Waals surface area (Å²) in [5.74, 6) is 0.482. The Labute approximate surface area is 187 Å². The molecule has 2 aromatic carbocycles. The number of fused-ring (bicyclic) bond motifs is 2. The molecule has 3 saturated heterocycles. The second-order valence-electron chi connectivity index (χ2n) is 9.57.